The van der Waals surface area contributed by atoms with Gasteiger partial charge in [0.2, 0.25) is 0 Å². The van der Waals surface area contributed by atoms with Crippen LogP contribution < -0.4 is 4.90 Å². The van der Waals surface area contributed by atoms with Gasteiger partial charge in [-0.3, -0.25) is 4.99 Å². The second kappa shape index (κ2) is 8.86. The molecule has 4 unspecified atom stereocenters. The maximum absolute atomic E-state index is 12.7. The molecule has 1 amide bonds. The van der Waals surface area contributed by atoms with Crippen LogP contribution in [-0.4, -0.2) is 74.0 Å². The zero-order chi connectivity index (χ0) is 24.2. The number of aliphatic imine (C=N–C) groups is 1. The molecule has 35 heavy (non-hydrogen) atoms. The Morgan fingerprint density at radius 3 is 2.71 bits per heavy atom. The fourth-order valence-electron chi connectivity index (χ4n) is 6.09. The lowest BCUT2D eigenvalue weighted by Gasteiger charge is -2.47. The molecule has 5 aliphatic rings. The third kappa shape index (κ3) is 4.34. The van der Waals surface area contributed by atoms with Crippen LogP contribution in [0.2, 0.25) is 5.02 Å². The standard InChI is InChI=1S/C26H31ClN4O4/c1-26(6-7-26)35-25(32)30-12-17-14-33-15-18(13-30)23(17)34-24-19-5-9-31(21(19)4-8-29-24)22-3-2-16(11-28)10-20(22)27/h2-3,10,17-19,21,23H,4-9,12-15H2,1H3. The van der Waals surface area contributed by atoms with E-state index in [-0.39, 0.29) is 41.6 Å². The minimum absolute atomic E-state index is 0.00522. The van der Waals surface area contributed by atoms with Crippen LogP contribution in [0.25, 0.3) is 0 Å². The molecule has 2 bridgehead atoms. The molecule has 0 N–H and O–H groups in total. The maximum atomic E-state index is 12.7. The van der Waals surface area contributed by atoms with Crippen molar-refractivity contribution < 1.29 is 19.0 Å². The highest BCUT2D eigenvalue weighted by Crippen LogP contribution is 2.42. The van der Waals surface area contributed by atoms with Gasteiger partial charge in [0.1, 0.15) is 11.7 Å². The van der Waals surface area contributed by atoms with Gasteiger partial charge >= 0.3 is 6.09 Å². The average Bonchev–Trinajstić information content (AvgIpc) is 3.40. The summed E-state index contributed by atoms with van der Waals surface area (Å²) in [5.41, 5.74) is 1.27. The van der Waals surface area contributed by atoms with Crippen molar-refractivity contribution in [2.45, 2.75) is 50.4 Å². The molecule has 1 aliphatic carbocycles. The molecule has 4 atom stereocenters. The van der Waals surface area contributed by atoms with Gasteiger partial charge in [0.25, 0.3) is 0 Å². The molecular formula is C26H31ClN4O4. The highest BCUT2D eigenvalue weighted by molar-refractivity contribution is 6.33. The van der Waals surface area contributed by atoms with E-state index in [1.54, 1.807) is 6.07 Å². The van der Waals surface area contributed by atoms with Crippen molar-refractivity contribution >= 4 is 29.3 Å². The van der Waals surface area contributed by atoms with Crippen molar-refractivity contribution in [3.63, 3.8) is 0 Å². The first kappa shape index (κ1) is 22.9. The second-order valence-corrected chi connectivity index (χ2v) is 11.2. The molecule has 6 rings (SSSR count). The third-order valence-corrected chi connectivity index (χ3v) is 8.55. The van der Waals surface area contributed by atoms with Gasteiger partial charge in [-0.2, -0.15) is 5.26 Å². The van der Waals surface area contributed by atoms with Gasteiger partial charge in [0.05, 0.1) is 41.5 Å². The van der Waals surface area contributed by atoms with E-state index in [1.165, 1.54) is 0 Å². The Hall–Kier alpha value is -2.50. The first-order chi connectivity index (χ1) is 16.9. The topological polar surface area (TPSA) is 87.4 Å². The van der Waals surface area contributed by atoms with E-state index < -0.39 is 0 Å². The van der Waals surface area contributed by atoms with Crippen LogP contribution in [0.1, 0.15) is 38.2 Å². The zero-order valence-electron chi connectivity index (χ0n) is 20.0. The van der Waals surface area contributed by atoms with Crippen molar-refractivity contribution in [1.82, 2.24) is 4.90 Å². The molecule has 3 saturated heterocycles. The van der Waals surface area contributed by atoms with Crippen molar-refractivity contribution in [2.75, 3.05) is 44.3 Å². The number of piperidine rings is 1. The number of nitrogens with zero attached hydrogens (tertiary/aromatic N) is 4. The Morgan fingerprint density at radius 1 is 1.26 bits per heavy atom. The minimum Gasteiger partial charge on any atom is -0.476 e. The summed E-state index contributed by atoms with van der Waals surface area (Å²) in [6.45, 7) is 5.93. The zero-order valence-corrected chi connectivity index (χ0v) is 20.7. The maximum Gasteiger partial charge on any atom is 0.410 e. The summed E-state index contributed by atoms with van der Waals surface area (Å²) in [7, 11) is 0. The van der Waals surface area contributed by atoms with Crippen LogP contribution >= 0.6 is 11.6 Å². The number of nitriles is 1. The Morgan fingerprint density at radius 2 is 2.03 bits per heavy atom. The molecular weight excluding hydrogens is 468 g/mol. The van der Waals surface area contributed by atoms with Gasteiger partial charge in [-0.15, -0.1) is 0 Å². The first-order valence-electron chi connectivity index (χ1n) is 12.7. The fraction of sp³-hybridized carbons (Fsp3) is 0.654. The Balaban J connectivity index is 1.14. The Bertz CT molecular complexity index is 1070. The summed E-state index contributed by atoms with van der Waals surface area (Å²) in [5.74, 6) is 1.28. The lowest BCUT2D eigenvalue weighted by Crippen LogP contribution is -2.59. The lowest BCUT2D eigenvalue weighted by molar-refractivity contribution is -0.117. The fourth-order valence-corrected chi connectivity index (χ4v) is 6.38. The predicted octanol–water partition coefficient (Wildman–Crippen LogP) is 3.86. The number of hydrogen-bond donors (Lipinski definition) is 0. The van der Waals surface area contributed by atoms with E-state index in [0.717, 1.165) is 50.4 Å². The Labute approximate surface area is 210 Å². The number of ether oxygens (including phenoxy) is 3. The minimum atomic E-state index is -0.270. The van der Waals surface area contributed by atoms with Gasteiger partial charge in [-0.1, -0.05) is 11.6 Å². The van der Waals surface area contributed by atoms with E-state index in [2.05, 4.69) is 11.0 Å². The summed E-state index contributed by atoms with van der Waals surface area (Å²) >= 11 is 6.55. The number of carbonyl (C=O) groups is 1. The highest BCUT2D eigenvalue weighted by atomic mass is 35.5. The van der Waals surface area contributed by atoms with Crippen LogP contribution in [-0.2, 0) is 14.2 Å². The smallest absolute Gasteiger partial charge is 0.410 e. The summed E-state index contributed by atoms with van der Waals surface area (Å²) in [6.07, 6.45) is 3.58. The van der Waals surface area contributed by atoms with Crippen molar-refractivity contribution in [3.8, 4) is 6.07 Å². The molecule has 4 fully saturated rings. The van der Waals surface area contributed by atoms with E-state index >= 15 is 0 Å². The van der Waals surface area contributed by atoms with Gasteiger partial charge in [-0.25, -0.2) is 4.79 Å². The summed E-state index contributed by atoms with van der Waals surface area (Å²) in [5, 5.41) is 9.78. The van der Waals surface area contributed by atoms with Crippen LogP contribution in [0.15, 0.2) is 23.2 Å². The molecule has 0 aromatic heterocycles. The molecule has 0 spiro atoms. The second-order valence-electron chi connectivity index (χ2n) is 10.8. The van der Waals surface area contributed by atoms with Crippen LogP contribution in [0.4, 0.5) is 10.5 Å². The SMILES string of the molecule is CC1(OC(=O)N2CC3COCC(C2)C3OC2=NCCC3C2CCN3c2ccc(C#N)cc2Cl)CC1. The predicted molar refractivity (Wildman–Crippen MR) is 131 cm³/mol. The number of hydrogen-bond acceptors (Lipinski definition) is 7. The van der Waals surface area contributed by atoms with Gasteiger partial charge in [0.15, 0.2) is 5.90 Å². The van der Waals surface area contributed by atoms with E-state index in [0.29, 0.717) is 36.9 Å². The number of fused-ring (bicyclic) bond motifs is 3. The third-order valence-electron chi connectivity index (χ3n) is 8.25. The molecule has 4 heterocycles. The number of likely N-dealkylation sites (tertiary alicyclic amines) is 1. The summed E-state index contributed by atoms with van der Waals surface area (Å²) in [4.78, 5) is 21.8. The highest BCUT2D eigenvalue weighted by Gasteiger charge is 2.49. The number of halogens is 1. The quantitative estimate of drug-likeness (QED) is 0.629. The van der Waals surface area contributed by atoms with E-state index in [9.17, 15) is 10.1 Å². The van der Waals surface area contributed by atoms with Crippen LogP contribution in [0.3, 0.4) is 0 Å². The van der Waals surface area contributed by atoms with Crippen LogP contribution in [0.5, 0.6) is 0 Å². The van der Waals surface area contributed by atoms with Gasteiger partial charge in [-0.05, 0) is 50.8 Å². The molecule has 1 aromatic rings. The largest absolute Gasteiger partial charge is 0.476 e. The molecule has 0 radical (unpaired) electrons. The average molecular weight is 499 g/mol. The Kier molecular flexibility index (Phi) is 5.81. The van der Waals surface area contributed by atoms with Crippen LogP contribution in [0, 0.1) is 29.1 Å². The summed E-state index contributed by atoms with van der Waals surface area (Å²) in [6, 6.07) is 7.95. The molecule has 1 aromatic carbocycles. The van der Waals surface area contributed by atoms with Crippen molar-refractivity contribution in [1.29, 1.82) is 5.26 Å². The molecule has 9 heteroatoms. The molecule has 1 saturated carbocycles. The molecule has 8 nitrogen and oxygen atoms in total. The van der Waals surface area contributed by atoms with E-state index in [4.69, 9.17) is 30.8 Å². The van der Waals surface area contributed by atoms with Gasteiger partial charge < -0.3 is 24.0 Å². The molecule has 186 valence electrons. The van der Waals surface area contributed by atoms with E-state index in [1.807, 2.05) is 24.0 Å². The summed E-state index contributed by atoms with van der Waals surface area (Å²) < 4.78 is 18.3. The number of rotatable bonds is 3. The monoisotopic (exact) mass is 498 g/mol. The normalized spacial score (nSPS) is 32.8. The van der Waals surface area contributed by atoms with Crippen molar-refractivity contribution in [3.05, 3.63) is 28.8 Å². The number of carbonyl (C=O) groups excluding carboxylic acids is 1. The number of benzene rings is 1. The lowest BCUT2D eigenvalue weighted by atomic mass is 9.84. The molecule has 4 aliphatic heterocycles. The number of amides is 1. The van der Waals surface area contributed by atoms with Crippen molar-refractivity contribution in [2.24, 2.45) is 22.7 Å². The first-order valence-corrected chi connectivity index (χ1v) is 13.0. The number of anilines is 1. The van der Waals surface area contributed by atoms with Gasteiger partial charge in [0, 0.05) is 44.1 Å².